The van der Waals surface area contributed by atoms with Gasteiger partial charge in [0, 0.05) is 0 Å². The van der Waals surface area contributed by atoms with E-state index in [0.29, 0.717) is 5.56 Å². The Kier molecular flexibility index (Phi) is 3.56. The van der Waals surface area contributed by atoms with Crippen LogP contribution >= 0.6 is 0 Å². The second-order valence-corrected chi connectivity index (χ2v) is 6.38. The average molecular weight is 276 g/mol. The second kappa shape index (κ2) is 4.83. The first kappa shape index (κ1) is 13.3. The standard InChI is InChI=1S/C11H13FO5S/c12-8-3-7(4-13)1-2-10(8)17-11-6-18(15,16)5-9(11)14/h1-3,9,11,13-14H,4-6H2. The molecule has 0 aliphatic carbocycles. The van der Waals surface area contributed by atoms with Crippen LogP contribution in [0, 0.1) is 5.82 Å². The Balaban J connectivity index is 2.15. The van der Waals surface area contributed by atoms with Gasteiger partial charge in [0.05, 0.1) is 18.1 Å². The van der Waals surface area contributed by atoms with Gasteiger partial charge in [-0.3, -0.25) is 0 Å². The highest BCUT2D eigenvalue weighted by Gasteiger charge is 2.38. The zero-order chi connectivity index (χ0) is 13.3. The van der Waals surface area contributed by atoms with Gasteiger partial charge in [-0.2, -0.15) is 0 Å². The summed E-state index contributed by atoms with van der Waals surface area (Å²) in [5.41, 5.74) is 0.388. The predicted octanol–water partition coefficient (Wildman–Crippen LogP) is -0.145. The number of hydrogen-bond acceptors (Lipinski definition) is 5. The number of aliphatic hydroxyl groups excluding tert-OH is 2. The van der Waals surface area contributed by atoms with E-state index in [9.17, 15) is 17.9 Å². The number of halogens is 1. The Bertz CT molecular complexity index is 542. The van der Waals surface area contributed by atoms with E-state index in [0.717, 1.165) is 6.07 Å². The van der Waals surface area contributed by atoms with E-state index in [1.807, 2.05) is 0 Å². The summed E-state index contributed by atoms with van der Waals surface area (Å²) in [6.45, 7) is -0.294. The molecule has 0 bridgehead atoms. The molecule has 2 N–H and O–H groups in total. The van der Waals surface area contributed by atoms with Gasteiger partial charge >= 0.3 is 0 Å². The molecular formula is C11H13FO5S. The molecule has 5 nitrogen and oxygen atoms in total. The van der Waals surface area contributed by atoms with Crippen LogP contribution in [0.2, 0.25) is 0 Å². The average Bonchev–Trinajstić information content (AvgIpc) is 2.54. The number of aliphatic hydroxyl groups is 2. The maximum Gasteiger partial charge on any atom is 0.165 e. The Morgan fingerprint density at radius 3 is 2.61 bits per heavy atom. The summed E-state index contributed by atoms with van der Waals surface area (Å²) in [6.07, 6.45) is -2.10. The van der Waals surface area contributed by atoms with Crippen molar-refractivity contribution in [2.75, 3.05) is 11.5 Å². The topological polar surface area (TPSA) is 83.8 Å². The highest BCUT2D eigenvalue weighted by molar-refractivity contribution is 7.91. The molecule has 1 aliphatic heterocycles. The van der Waals surface area contributed by atoms with E-state index in [1.54, 1.807) is 0 Å². The van der Waals surface area contributed by atoms with Crippen LogP contribution in [0.4, 0.5) is 4.39 Å². The summed E-state index contributed by atoms with van der Waals surface area (Å²) in [5, 5.41) is 18.3. The van der Waals surface area contributed by atoms with Crippen molar-refractivity contribution >= 4 is 9.84 Å². The molecular weight excluding hydrogens is 263 g/mol. The first-order valence-electron chi connectivity index (χ1n) is 5.36. The van der Waals surface area contributed by atoms with Crippen molar-refractivity contribution in [1.82, 2.24) is 0 Å². The fourth-order valence-electron chi connectivity index (χ4n) is 1.81. The monoisotopic (exact) mass is 276 g/mol. The third kappa shape index (κ3) is 2.80. The molecule has 0 spiro atoms. The van der Waals surface area contributed by atoms with Crippen molar-refractivity contribution in [3.63, 3.8) is 0 Å². The largest absolute Gasteiger partial charge is 0.484 e. The van der Waals surface area contributed by atoms with E-state index in [-0.39, 0.29) is 23.9 Å². The molecule has 0 radical (unpaired) electrons. The zero-order valence-electron chi connectivity index (χ0n) is 9.41. The van der Waals surface area contributed by atoms with Crippen LogP contribution in [0.25, 0.3) is 0 Å². The lowest BCUT2D eigenvalue weighted by atomic mass is 10.2. The molecule has 0 saturated carbocycles. The Morgan fingerprint density at radius 1 is 1.39 bits per heavy atom. The van der Waals surface area contributed by atoms with Gasteiger partial charge < -0.3 is 14.9 Å². The van der Waals surface area contributed by atoms with Crippen LogP contribution in [0.15, 0.2) is 18.2 Å². The van der Waals surface area contributed by atoms with Crippen molar-refractivity contribution < 1.29 is 27.8 Å². The molecule has 18 heavy (non-hydrogen) atoms. The molecule has 2 rings (SSSR count). The number of ether oxygens (including phenoxy) is 1. The fraction of sp³-hybridized carbons (Fsp3) is 0.455. The minimum atomic E-state index is -3.33. The minimum absolute atomic E-state index is 0.131. The summed E-state index contributed by atoms with van der Waals surface area (Å²) in [4.78, 5) is 0. The predicted molar refractivity (Wildman–Crippen MR) is 61.4 cm³/mol. The third-order valence-electron chi connectivity index (χ3n) is 2.73. The number of sulfone groups is 1. The molecule has 100 valence electrons. The van der Waals surface area contributed by atoms with Crippen molar-refractivity contribution in [3.05, 3.63) is 29.6 Å². The summed E-state index contributed by atoms with van der Waals surface area (Å²) >= 11 is 0. The van der Waals surface area contributed by atoms with Gasteiger partial charge in [-0.1, -0.05) is 6.07 Å². The van der Waals surface area contributed by atoms with Gasteiger partial charge in [0.25, 0.3) is 0 Å². The van der Waals surface area contributed by atoms with E-state index < -0.39 is 27.9 Å². The highest BCUT2D eigenvalue weighted by Crippen LogP contribution is 2.24. The van der Waals surface area contributed by atoms with E-state index in [1.165, 1.54) is 12.1 Å². The molecule has 2 atom stereocenters. The lowest BCUT2D eigenvalue weighted by Gasteiger charge is -2.16. The van der Waals surface area contributed by atoms with Gasteiger partial charge in [-0.25, -0.2) is 12.8 Å². The van der Waals surface area contributed by atoms with Crippen LogP contribution in [0.3, 0.4) is 0 Å². The zero-order valence-corrected chi connectivity index (χ0v) is 10.2. The highest BCUT2D eigenvalue weighted by atomic mass is 32.2. The van der Waals surface area contributed by atoms with Crippen LogP contribution in [-0.2, 0) is 16.4 Å². The SMILES string of the molecule is O=S1(=O)CC(O)C(Oc2ccc(CO)cc2F)C1. The first-order valence-corrected chi connectivity index (χ1v) is 7.18. The van der Waals surface area contributed by atoms with Crippen LogP contribution in [-0.4, -0.2) is 42.3 Å². The van der Waals surface area contributed by atoms with Crippen LogP contribution in [0.1, 0.15) is 5.56 Å². The molecule has 0 aromatic heterocycles. The number of hydrogen-bond donors (Lipinski definition) is 2. The van der Waals surface area contributed by atoms with Crippen molar-refractivity contribution in [1.29, 1.82) is 0 Å². The molecule has 1 aromatic rings. The van der Waals surface area contributed by atoms with E-state index in [2.05, 4.69) is 0 Å². The van der Waals surface area contributed by atoms with Crippen LogP contribution < -0.4 is 4.74 Å². The molecule has 0 amide bonds. The normalized spacial score (nSPS) is 26.2. The second-order valence-electron chi connectivity index (χ2n) is 4.22. The summed E-state index contributed by atoms with van der Waals surface area (Å²) in [7, 11) is -3.33. The third-order valence-corrected chi connectivity index (χ3v) is 4.42. The maximum absolute atomic E-state index is 13.5. The van der Waals surface area contributed by atoms with Gasteiger partial charge in [-0.15, -0.1) is 0 Å². The quantitative estimate of drug-likeness (QED) is 0.802. The summed E-state index contributed by atoms with van der Waals surface area (Å²) in [5.74, 6) is -1.52. The van der Waals surface area contributed by atoms with Crippen molar-refractivity contribution in [2.24, 2.45) is 0 Å². The van der Waals surface area contributed by atoms with Gasteiger partial charge in [0.1, 0.15) is 12.2 Å². The molecule has 1 saturated heterocycles. The van der Waals surface area contributed by atoms with Crippen molar-refractivity contribution in [3.8, 4) is 5.75 Å². The Morgan fingerprint density at radius 2 is 2.11 bits per heavy atom. The van der Waals surface area contributed by atoms with Gasteiger partial charge in [-0.05, 0) is 17.7 Å². The van der Waals surface area contributed by atoms with Gasteiger partial charge in [0.2, 0.25) is 0 Å². The van der Waals surface area contributed by atoms with Crippen LogP contribution in [0.5, 0.6) is 5.75 Å². The molecule has 2 unspecified atom stereocenters. The molecule has 1 fully saturated rings. The van der Waals surface area contributed by atoms with E-state index in [4.69, 9.17) is 9.84 Å². The Hall–Kier alpha value is -1.18. The molecule has 1 aromatic carbocycles. The lowest BCUT2D eigenvalue weighted by Crippen LogP contribution is -2.30. The smallest absolute Gasteiger partial charge is 0.165 e. The molecule has 7 heteroatoms. The summed E-state index contributed by atoms with van der Waals surface area (Å²) in [6, 6.07) is 3.87. The van der Waals surface area contributed by atoms with Gasteiger partial charge in [0.15, 0.2) is 21.4 Å². The fourth-order valence-corrected chi connectivity index (χ4v) is 3.47. The van der Waals surface area contributed by atoms with Crippen molar-refractivity contribution in [2.45, 2.75) is 18.8 Å². The minimum Gasteiger partial charge on any atom is -0.484 e. The first-order chi connectivity index (χ1) is 8.41. The molecule has 1 heterocycles. The lowest BCUT2D eigenvalue weighted by molar-refractivity contribution is 0.0710. The number of benzene rings is 1. The van der Waals surface area contributed by atoms with E-state index >= 15 is 0 Å². The Labute approximate surface area is 104 Å². The summed E-state index contributed by atoms with van der Waals surface area (Å²) < 4.78 is 41.2. The molecule has 1 aliphatic rings. The maximum atomic E-state index is 13.5. The number of rotatable bonds is 3.